The number of aromatic amines is 1. The van der Waals surface area contributed by atoms with E-state index >= 15 is 0 Å². The van der Waals surface area contributed by atoms with Crippen LogP contribution in [-0.4, -0.2) is 16.0 Å². The van der Waals surface area contributed by atoms with Gasteiger partial charge in [0.2, 0.25) is 0 Å². The summed E-state index contributed by atoms with van der Waals surface area (Å²) < 4.78 is 0. The fraction of sp³-hybridized carbons (Fsp3) is 0.148. The first-order valence-electron chi connectivity index (χ1n) is 10.6. The molecule has 0 atom stereocenters. The number of nitrogens with one attached hydrogen (secondary N) is 2. The fourth-order valence-electron chi connectivity index (χ4n) is 4.82. The third-order valence-electron chi connectivity index (χ3n) is 6.38. The summed E-state index contributed by atoms with van der Waals surface area (Å²) in [4.78, 5) is 7.60. The highest BCUT2D eigenvalue weighted by molar-refractivity contribution is 5.99. The van der Waals surface area contributed by atoms with E-state index in [1.807, 2.05) is 0 Å². The quantitative estimate of drug-likeness (QED) is 0.418. The molecule has 4 aromatic carbocycles. The lowest BCUT2D eigenvalue weighted by atomic mass is 9.94. The van der Waals surface area contributed by atoms with Gasteiger partial charge in [-0.3, -0.25) is 0 Å². The highest BCUT2D eigenvalue weighted by Crippen LogP contribution is 2.32. The summed E-state index contributed by atoms with van der Waals surface area (Å²) in [6.45, 7) is 0.887. The van der Waals surface area contributed by atoms with Crippen molar-refractivity contribution in [2.24, 2.45) is 0 Å². The lowest BCUT2D eigenvalue weighted by Gasteiger charge is -2.15. The molecule has 1 aromatic heterocycles. The van der Waals surface area contributed by atoms with E-state index in [-0.39, 0.29) is 0 Å². The second kappa shape index (κ2) is 7.12. The number of imidazole rings is 1. The molecular weight excluding hydrogens is 366 g/mol. The van der Waals surface area contributed by atoms with Gasteiger partial charge in [-0.05, 0) is 63.6 Å². The smallest absolute Gasteiger partial charge is 0.0931 e. The van der Waals surface area contributed by atoms with E-state index in [1.54, 1.807) is 6.33 Å². The molecule has 1 heterocycles. The minimum atomic E-state index is 0.517. The van der Waals surface area contributed by atoms with Crippen LogP contribution in [0.5, 0.6) is 0 Å². The highest BCUT2D eigenvalue weighted by Gasteiger charge is 2.20. The summed E-state index contributed by atoms with van der Waals surface area (Å²) in [5.41, 5.74) is 8.87. The number of H-pyrrole nitrogens is 1. The molecule has 30 heavy (non-hydrogen) atoms. The lowest BCUT2D eigenvalue weighted by Crippen LogP contribution is -2.29. The van der Waals surface area contributed by atoms with E-state index < -0.39 is 0 Å². The zero-order valence-corrected chi connectivity index (χ0v) is 16.7. The Balaban J connectivity index is 1.31. The summed E-state index contributed by atoms with van der Waals surface area (Å²) >= 11 is 0. The highest BCUT2D eigenvalue weighted by atomic mass is 14.9. The number of aromatic nitrogens is 2. The Morgan fingerprint density at radius 2 is 1.60 bits per heavy atom. The molecule has 0 fully saturated rings. The van der Waals surface area contributed by atoms with E-state index in [9.17, 15) is 0 Å². The molecular formula is C27H23N3. The number of rotatable bonds is 4. The van der Waals surface area contributed by atoms with Gasteiger partial charge in [-0.1, -0.05) is 66.7 Å². The molecule has 0 radical (unpaired) electrons. The number of hydrogen-bond acceptors (Lipinski definition) is 2. The average molecular weight is 390 g/mol. The van der Waals surface area contributed by atoms with Crippen LogP contribution in [0.15, 0.2) is 85.2 Å². The van der Waals surface area contributed by atoms with Gasteiger partial charge >= 0.3 is 0 Å². The van der Waals surface area contributed by atoms with E-state index in [4.69, 9.17) is 0 Å². The molecule has 0 amide bonds. The van der Waals surface area contributed by atoms with Gasteiger partial charge < -0.3 is 10.3 Å². The summed E-state index contributed by atoms with van der Waals surface area (Å²) in [5, 5.41) is 6.42. The minimum absolute atomic E-state index is 0.517. The minimum Gasteiger partial charge on any atom is -0.345 e. The molecule has 0 saturated carbocycles. The van der Waals surface area contributed by atoms with Crippen molar-refractivity contribution in [3.63, 3.8) is 0 Å². The van der Waals surface area contributed by atoms with Crippen LogP contribution in [0.4, 0.5) is 0 Å². The van der Waals surface area contributed by atoms with Gasteiger partial charge in [0.1, 0.15) is 0 Å². The molecule has 1 aliphatic carbocycles. The maximum Gasteiger partial charge on any atom is 0.0931 e. The van der Waals surface area contributed by atoms with E-state index in [0.29, 0.717) is 6.04 Å². The monoisotopic (exact) mass is 389 g/mol. The molecule has 0 unspecified atom stereocenters. The van der Waals surface area contributed by atoms with E-state index in [1.165, 1.54) is 38.6 Å². The maximum atomic E-state index is 4.43. The summed E-state index contributed by atoms with van der Waals surface area (Å²) in [6, 6.07) is 29.1. The van der Waals surface area contributed by atoms with Crippen LogP contribution >= 0.6 is 0 Å². The zero-order valence-electron chi connectivity index (χ0n) is 16.7. The number of benzene rings is 4. The van der Waals surface area contributed by atoms with E-state index in [0.717, 1.165) is 30.4 Å². The van der Waals surface area contributed by atoms with Gasteiger partial charge in [0.05, 0.1) is 17.4 Å². The zero-order chi connectivity index (χ0) is 19.9. The second-order valence-electron chi connectivity index (χ2n) is 8.21. The second-order valence-corrected chi connectivity index (χ2v) is 8.21. The molecule has 0 aliphatic heterocycles. The van der Waals surface area contributed by atoms with Gasteiger partial charge in [0.25, 0.3) is 0 Å². The number of hydrogen-bond donors (Lipinski definition) is 2. The Hall–Kier alpha value is -3.43. The Bertz CT molecular complexity index is 1340. The van der Waals surface area contributed by atoms with Crippen molar-refractivity contribution in [1.29, 1.82) is 0 Å². The SMILES string of the molecule is c1ccc2c(c1)CC(NCc1ccc(-c3ccc4[nH]cnc4c3)c3ccccc13)C2. The van der Waals surface area contributed by atoms with Crippen molar-refractivity contribution in [3.05, 3.63) is 102 Å². The van der Waals surface area contributed by atoms with Crippen LogP contribution in [-0.2, 0) is 19.4 Å². The van der Waals surface area contributed by atoms with Crippen molar-refractivity contribution in [2.75, 3.05) is 0 Å². The van der Waals surface area contributed by atoms with Crippen LogP contribution in [0.3, 0.4) is 0 Å². The molecule has 0 bridgehead atoms. The van der Waals surface area contributed by atoms with Gasteiger partial charge in [-0.15, -0.1) is 0 Å². The Morgan fingerprint density at radius 1 is 0.833 bits per heavy atom. The van der Waals surface area contributed by atoms with Crippen molar-refractivity contribution >= 4 is 21.8 Å². The standard InChI is InChI=1S/C27H23N3/c1-2-6-19-14-22(13-18(19)5-1)28-16-21-9-11-24(25-8-4-3-7-23(21)25)20-10-12-26-27(15-20)30-17-29-26/h1-12,15,17,22,28H,13-14,16H2,(H,29,30). The van der Waals surface area contributed by atoms with Crippen molar-refractivity contribution in [3.8, 4) is 11.1 Å². The van der Waals surface area contributed by atoms with Crippen molar-refractivity contribution < 1.29 is 0 Å². The molecule has 146 valence electrons. The first-order chi connectivity index (χ1) is 14.8. The third-order valence-corrected chi connectivity index (χ3v) is 6.38. The predicted molar refractivity (Wildman–Crippen MR) is 124 cm³/mol. The van der Waals surface area contributed by atoms with Gasteiger partial charge in [0, 0.05) is 12.6 Å². The fourth-order valence-corrected chi connectivity index (χ4v) is 4.82. The summed E-state index contributed by atoms with van der Waals surface area (Å²) in [6.07, 6.45) is 3.99. The van der Waals surface area contributed by atoms with Crippen LogP contribution < -0.4 is 5.32 Å². The summed E-state index contributed by atoms with van der Waals surface area (Å²) in [5.74, 6) is 0. The molecule has 3 heteroatoms. The molecule has 0 spiro atoms. The average Bonchev–Trinajstić information content (AvgIpc) is 3.43. The summed E-state index contributed by atoms with van der Waals surface area (Å²) in [7, 11) is 0. The van der Waals surface area contributed by atoms with Gasteiger partial charge in [-0.25, -0.2) is 4.98 Å². The lowest BCUT2D eigenvalue weighted by molar-refractivity contribution is 0.534. The third kappa shape index (κ3) is 2.99. The van der Waals surface area contributed by atoms with Crippen molar-refractivity contribution in [2.45, 2.75) is 25.4 Å². The molecule has 2 N–H and O–H groups in total. The van der Waals surface area contributed by atoms with Gasteiger partial charge in [-0.2, -0.15) is 0 Å². The molecule has 0 saturated heterocycles. The van der Waals surface area contributed by atoms with Crippen LogP contribution in [0, 0.1) is 0 Å². The molecule has 1 aliphatic rings. The number of nitrogens with zero attached hydrogens (tertiary/aromatic N) is 1. The molecule has 3 nitrogen and oxygen atoms in total. The molecule has 5 aromatic rings. The topological polar surface area (TPSA) is 40.7 Å². The Labute approximate surface area is 175 Å². The number of fused-ring (bicyclic) bond motifs is 3. The van der Waals surface area contributed by atoms with Crippen LogP contribution in [0.2, 0.25) is 0 Å². The first kappa shape index (κ1) is 17.4. The van der Waals surface area contributed by atoms with Crippen molar-refractivity contribution in [1.82, 2.24) is 15.3 Å². The Morgan fingerprint density at radius 3 is 2.43 bits per heavy atom. The van der Waals surface area contributed by atoms with Crippen LogP contribution in [0.1, 0.15) is 16.7 Å². The van der Waals surface area contributed by atoms with E-state index in [2.05, 4.69) is 94.1 Å². The largest absolute Gasteiger partial charge is 0.345 e. The first-order valence-corrected chi connectivity index (χ1v) is 10.6. The molecule has 6 rings (SSSR count). The van der Waals surface area contributed by atoms with Crippen LogP contribution in [0.25, 0.3) is 32.9 Å². The predicted octanol–water partition coefficient (Wildman–Crippen LogP) is 5.64. The maximum absolute atomic E-state index is 4.43. The van der Waals surface area contributed by atoms with Gasteiger partial charge in [0.15, 0.2) is 0 Å². The normalized spacial score (nSPS) is 13.9. The Kier molecular flexibility index (Phi) is 4.14.